The lowest BCUT2D eigenvalue weighted by atomic mass is 10.2. The molecule has 0 unspecified atom stereocenters. The number of hydrazone groups is 1. The zero-order valence-corrected chi connectivity index (χ0v) is 17.3. The second kappa shape index (κ2) is 10.3. The zero-order valence-electron chi connectivity index (χ0n) is 16.6. The highest BCUT2D eigenvalue weighted by molar-refractivity contribution is 6.32. The van der Waals surface area contributed by atoms with E-state index in [1.807, 2.05) is 30.3 Å². The Bertz CT molecular complexity index is 860. The van der Waals surface area contributed by atoms with Gasteiger partial charge in [0.1, 0.15) is 0 Å². The summed E-state index contributed by atoms with van der Waals surface area (Å²) in [5.74, 6) is 1.65. The summed E-state index contributed by atoms with van der Waals surface area (Å²) in [6, 6.07) is 7.62. The number of morpholine rings is 2. The Kier molecular flexibility index (Phi) is 7.07. The van der Waals surface area contributed by atoms with Crippen molar-refractivity contribution in [3.8, 4) is 0 Å². The molecule has 2 aromatic rings. The highest BCUT2D eigenvalue weighted by Gasteiger charge is 2.20. The van der Waals surface area contributed by atoms with Gasteiger partial charge in [-0.05, 0) is 17.7 Å². The number of ether oxygens (including phenoxy) is 2. The van der Waals surface area contributed by atoms with Crippen LogP contribution >= 0.6 is 11.6 Å². The fraction of sp³-hybridized carbons (Fsp3) is 0.400. The molecule has 2 fully saturated rings. The summed E-state index contributed by atoms with van der Waals surface area (Å²) < 4.78 is 10.9. The molecule has 158 valence electrons. The molecule has 10 heteroatoms. The van der Waals surface area contributed by atoms with Crippen LogP contribution in [0.3, 0.4) is 0 Å². The number of aromatic nitrogens is 3. The zero-order chi connectivity index (χ0) is 20.6. The number of rotatable bonds is 6. The Morgan fingerprint density at radius 2 is 1.50 bits per heavy atom. The number of halogens is 1. The molecular weight excluding hydrogens is 406 g/mol. The maximum Gasteiger partial charge on any atom is 0.250 e. The van der Waals surface area contributed by atoms with E-state index < -0.39 is 0 Å². The van der Waals surface area contributed by atoms with E-state index in [1.165, 1.54) is 0 Å². The Labute approximate surface area is 180 Å². The number of allylic oxidation sites excluding steroid dienone is 1. The maximum absolute atomic E-state index is 6.15. The molecule has 30 heavy (non-hydrogen) atoms. The van der Waals surface area contributed by atoms with E-state index in [4.69, 9.17) is 21.1 Å². The second-order valence-corrected chi connectivity index (χ2v) is 7.14. The Morgan fingerprint density at radius 3 is 2.10 bits per heavy atom. The lowest BCUT2D eigenvalue weighted by Crippen LogP contribution is -2.40. The van der Waals surface area contributed by atoms with E-state index >= 15 is 0 Å². The van der Waals surface area contributed by atoms with Crippen LogP contribution in [0.2, 0.25) is 5.02 Å². The first-order chi connectivity index (χ1) is 14.8. The van der Waals surface area contributed by atoms with Crippen LogP contribution < -0.4 is 15.2 Å². The average Bonchev–Trinajstić information content (AvgIpc) is 2.81. The molecule has 1 aromatic heterocycles. The number of hydrogen-bond acceptors (Lipinski definition) is 9. The minimum absolute atomic E-state index is 0.398. The quantitative estimate of drug-likeness (QED) is 0.553. The predicted molar refractivity (Wildman–Crippen MR) is 118 cm³/mol. The van der Waals surface area contributed by atoms with E-state index in [0.717, 1.165) is 31.7 Å². The minimum Gasteiger partial charge on any atom is -0.378 e. The van der Waals surface area contributed by atoms with Crippen LogP contribution in [-0.2, 0) is 9.47 Å². The van der Waals surface area contributed by atoms with Crippen molar-refractivity contribution in [3.05, 3.63) is 40.9 Å². The highest BCUT2D eigenvalue weighted by atomic mass is 35.5. The summed E-state index contributed by atoms with van der Waals surface area (Å²) in [4.78, 5) is 18.0. The highest BCUT2D eigenvalue weighted by Crippen LogP contribution is 2.19. The first kappa shape index (κ1) is 20.5. The van der Waals surface area contributed by atoms with Crippen molar-refractivity contribution >= 4 is 41.7 Å². The molecule has 0 amide bonds. The van der Waals surface area contributed by atoms with Crippen molar-refractivity contribution in [1.29, 1.82) is 0 Å². The van der Waals surface area contributed by atoms with Crippen LogP contribution in [0.1, 0.15) is 5.56 Å². The van der Waals surface area contributed by atoms with Crippen LogP contribution in [0.5, 0.6) is 0 Å². The fourth-order valence-electron chi connectivity index (χ4n) is 3.11. The predicted octanol–water partition coefficient (Wildman–Crippen LogP) is 2.31. The lowest BCUT2D eigenvalue weighted by molar-refractivity contribution is 0.121. The first-order valence-corrected chi connectivity index (χ1v) is 10.3. The van der Waals surface area contributed by atoms with Crippen molar-refractivity contribution in [2.45, 2.75) is 0 Å². The molecule has 4 rings (SSSR count). The third-order valence-electron chi connectivity index (χ3n) is 4.71. The van der Waals surface area contributed by atoms with E-state index in [-0.39, 0.29) is 0 Å². The molecule has 1 aromatic carbocycles. The number of hydrogen-bond donors (Lipinski definition) is 1. The summed E-state index contributed by atoms with van der Waals surface area (Å²) in [5, 5.41) is 4.91. The Hall–Kier alpha value is -2.75. The van der Waals surface area contributed by atoms with E-state index in [0.29, 0.717) is 49.3 Å². The van der Waals surface area contributed by atoms with Gasteiger partial charge in [-0.3, -0.25) is 0 Å². The maximum atomic E-state index is 6.15. The van der Waals surface area contributed by atoms with Gasteiger partial charge in [0.2, 0.25) is 17.8 Å². The Morgan fingerprint density at radius 1 is 0.900 bits per heavy atom. The van der Waals surface area contributed by atoms with Crippen LogP contribution in [0.25, 0.3) is 6.08 Å². The minimum atomic E-state index is 0.398. The molecule has 1 N–H and O–H groups in total. The van der Waals surface area contributed by atoms with Gasteiger partial charge < -0.3 is 19.3 Å². The summed E-state index contributed by atoms with van der Waals surface area (Å²) in [6.45, 7) is 5.62. The topological polar surface area (TPSA) is 88.0 Å². The molecule has 0 radical (unpaired) electrons. The average molecular weight is 430 g/mol. The molecule has 2 aliphatic heterocycles. The van der Waals surface area contributed by atoms with Crippen LogP contribution in [0, 0.1) is 0 Å². The molecule has 0 aliphatic carbocycles. The van der Waals surface area contributed by atoms with Gasteiger partial charge in [-0.25, -0.2) is 5.43 Å². The van der Waals surface area contributed by atoms with Gasteiger partial charge in [-0.1, -0.05) is 35.9 Å². The van der Waals surface area contributed by atoms with Crippen molar-refractivity contribution in [3.63, 3.8) is 0 Å². The number of benzene rings is 1. The number of anilines is 3. The van der Waals surface area contributed by atoms with Crippen molar-refractivity contribution in [2.24, 2.45) is 5.10 Å². The number of nitrogens with zero attached hydrogens (tertiary/aromatic N) is 6. The molecule has 9 nitrogen and oxygen atoms in total. The van der Waals surface area contributed by atoms with Crippen molar-refractivity contribution in [1.82, 2.24) is 15.0 Å². The molecule has 2 aliphatic rings. The van der Waals surface area contributed by atoms with Crippen LogP contribution in [0.15, 0.2) is 35.4 Å². The molecule has 2 saturated heterocycles. The molecule has 0 spiro atoms. The van der Waals surface area contributed by atoms with Gasteiger partial charge in [0.15, 0.2) is 0 Å². The van der Waals surface area contributed by atoms with E-state index in [9.17, 15) is 0 Å². The first-order valence-electron chi connectivity index (χ1n) is 9.91. The van der Waals surface area contributed by atoms with Gasteiger partial charge in [0, 0.05) is 37.4 Å². The summed E-state index contributed by atoms with van der Waals surface area (Å²) in [6.07, 6.45) is 5.33. The van der Waals surface area contributed by atoms with Gasteiger partial charge >= 0.3 is 0 Å². The second-order valence-electron chi connectivity index (χ2n) is 6.73. The normalized spacial score (nSPS) is 17.8. The van der Waals surface area contributed by atoms with Gasteiger partial charge in [-0.15, -0.1) is 0 Å². The lowest BCUT2D eigenvalue weighted by Gasteiger charge is -2.30. The third-order valence-corrected chi connectivity index (χ3v) is 5.05. The summed E-state index contributed by atoms with van der Waals surface area (Å²) >= 11 is 6.15. The molecule has 3 heterocycles. The standard InChI is InChI=1S/C20H24ClN7O2/c21-17-6-2-1-4-16(17)5-3-7-22-26-18-23-19(27-8-12-29-13-9-27)25-20(24-18)28-10-14-30-15-11-28/h1-7H,8-15H2,(H,23,24,25,26)/b5-3+,22-7+. The third kappa shape index (κ3) is 5.44. The SMILES string of the molecule is Clc1ccccc1/C=C/C=N/Nc1nc(N2CCOCC2)nc(N2CCOCC2)n1. The van der Waals surface area contributed by atoms with E-state index in [1.54, 1.807) is 12.3 Å². The molecule has 0 atom stereocenters. The molecular formula is C20H24ClN7O2. The van der Waals surface area contributed by atoms with Gasteiger partial charge in [0.05, 0.1) is 26.4 Å². The monoisotopic (exact) mass is 429 g/mol. The number of nitrogens with one attached hydrogen (secondary N) is 1. The van der Waals surface area contributed by atoms with Gasteiger partial charge in [0.25, 0.3) is 0 Å². The van der Waals surface area contributed by atoms with Crippen molar-refractivity contribution in [2.75, 3.05) is 67.8 Å². The van der Waals surface area contributed by atoms with E-state index in [2.05, 4.69) is 35.3 Å². The van der Waals surface area contributed by atoms with Crippen molar-refractivity contribution < 1.29 is 9.47 Å². The molecule has 0 saturated carbocycles. The molecule has 0 bridgehead atoms. The fourth-order valence-corrected chi connectivity index (χ4v) is 3.31. The summed E-state index contributed by atoms with van der Waals surface area (Å²) in [5.41, 5.74) is 3.84. The van der Waals surface area contributed by atoms with Crippen LogP contribution in [0.4, 0.5) is 17.8 Å². The van der Waals surface area contributed by atoms with Crippen LogP contribution in [-0.4, -0.2) is 73.8 Å². The Balaban J connectivity index is 1.48. The smallest absolute Gasteiger partial charge is 0.250 e. The van der Waals surface area contributed by atoms with Gasteiger partial charge in [-0.2, -0.15) is 20.1 Å². The summed E-state index contributed by atoms with van der Waals surface area (Å²) in [7, 11) is 0. The largest absolute Gasteiger partial charge is 0.378 e.